The van der Waals surface area contributed by atoms with E-state index in [-0.39, 0.29) is 51.1 Å². The van der Waals surface area contributed by atoms with Gasteiger partial charge in [0.1, 0.15) is 37.4 Å². The molecule has 0 radical (unpaired) electrons. The summed E-state index contributed by atoms with van der Waals surface area (Å²) in [6, 6.07) is 12.9. The van der Waals surface area contributed by atoms with Gasteiger partial charge in [-0.1, -0.05) is 0 Å². The normalized spacial score (nSPS) is 12.1. The quantitative estimate of drug-likeness (QED) is 0.0909. The van der Waals surface area contributed by atoms with Crippen LogP contribution < -0.4 is 26.7 Å². The highest BCUT2D eigenvalue weighted by Gasteiger charge is 2.19. The number of ether oxygens (including phenoxy) is 5. The van der Waals surface area contributed by atoms with E-state index in [4.69, 9.17) is 35.3 Å². The number of rotatable bonds is 16. The third kappa shape index (κ3) is 10.3. The van der Waals surface area contributed by atoms with Gasteiger partial charge in [0.15, 0.2) is 31.5 Å². The lowest BCUT2D eigenvalue weighted by Gasteiger charge is -2.17. The smallest absolute Gasteiger partial charge is 0.362 e. The highest BCUT2D eigenvalue weighted by Crippen LogP contribution is 2.19. The van der Waals surface area contributed by atoms with Crippen molar-refractivity contribution in [3.63, 3.8) is 0 Å². The zero-order valence-electron chi connectivity index (χ0n) is 20.9. The van der Waals surface area contributed by atoms with E-state index in [2.05, 4.69) is 17.2 Å². The molecular weight excluding hydrogens is 522 g/mol. The summed E-state index contributed by atoms with van der Waals surface area (Å²) in [5.41, 5.74) is 11.2. The van der Waals surface area contributed by atoms with Crippen LogP contribution in [0.5, 0.6) is 11.5 Å². The van der Waals surface area contributed by atoms with Gasteiger partial charge in [-0.25, -0.2) is 14.4 Å². The van der Waals surface area contributed by atoms with Crippen LogP contribution in [0.25, 0.3) is 0 Å². The maximum absolute atomic E-state index is 12.9. The van der Waals surface area contributed by atoms with Crippen LogP contribution in [0.4, 0.5) is 0 Å². The molecule has 0 saturated carbocycles. The second-order valence-electron chi connectivity index (χ2n) is 7.81. The molecule has 206 valence electrons. The Morgan fingerprint density at radius 1 is 0.632 bits per heavy atom. The molecule has 0 aliphatic rings. The number of ketones is 1. The van der Waals surface area contributed by atoms with E-state index in [1.54, 1.807) is 48.5 Å². The minimum Gasteiger partial charge on any atom is -0.490 e. The van der Waals surface area contributed by atoms with E-state index in [9.17, 15) is 19.2 Å². The second-order valence-corrected chi connectivity index (χ2v) is 8.12. The lowest BCUT2D eigenvalue weighted by molar-refractivity contribution is -0.362. The maximum Gasteiger partial charge on any atom is 0.362 e. The van der Waals surface area contributed by atoms with Gasteiger partial charge in [-0.3, -0.25) is 4.79 Å². The summed E-state index contributed by atoms with van der Waals surface area (Å²) in [5, 5.41) is 0. The fraction of sp³-hybridized carbons (Fsp3) is 0.360. The molecule has 0 aliphatic heterocycles. The average molecular weight is 555 g/mol. The Morgan fingerprint density at radius 2 is 1.05 bits per heavy atom. The number of hydrogen-bond donors (Lipinski definition) is 3. The second kappa shape index (κ2) is 16.2. The van der Waals surface area contributed by atoms with Crippen LogP contribution in [-0.2, 0) is 28.6 Å². The van der Waals surface area contributed by atoms with Crippen LogP contribution in [0.2, 0.25) is 0 Å². The molecule has 0 heterocycles. The molecule has 0 saturated heterocycles. The first-order valence-electron chi connectivity index (χ1n) is 11.8. The Hall–Kier alpha value is -3.71. The average Bonchev–Trinajstić information content (AvgIpc) is 2.96. The summed E-state index contributed by atoms with van der Waals surface area (Å²) in [4.78, 5) is 47.2. The Morgan fingerprint density at radius 3 is 1.47 bits per heavy atom. The first-order chi connectivity index (χ1) is 18.3. The van der Waals surface area contributed by atoms with Gasteiger partial charge in [0.2, 0.25) is 0 Å². The van der Waals surface area contributed by atoms with Gasteiger partial charge in [-0.05, 0) is 48.5 Å². The van der Waals surface area contributed by atoms with Crippen molar-refractivity contribution in [2.45, 2.75) is 12.2 Å². The lowest BCUT2D eigenvalue weighted by Crippen LogP contribution is -2.56. The van der Waals surface area contributed by atoms with Crippen molar-refractivity contribution in [1.29, 1.82) is 0 Å². The molecular formula is C25H33ClN3O9+3. The SMILES string of the molecule is [NH3+]CC(=O)OCC(COc1ccc(C(=O)c2ccc(OCC(CCl)OC(=O)C[NH3+])cc2)cc1)OC(=O)C[NH3+]. The van der Waals surface area contributed by atoms with Crippen LogP contribution in [-0.4, -0.2) is 81.2 Å². The fourth-order valence-electron chi connectivity index (χ4n) is 2.92. The molecule has 2 rings (SSSR count). The largest absolute Gasteiger partial charge is 0.490 e. The van der Waals surface area contributed by atoms with Crippen LogP contribution in [0.1, 0.15) is 15.9 Å². The van der Waals surface area contributed by atoms with Crippen molar-refractivity contribution in [2.75, 3.05) is 45.3 Å². The first-order valence-corrected chi connectivity index (χ1v) is 12.3. The maximum atomic E-state index is 12.9. The summed E-state index contributed by atoms with van der Waals surface area (Å²) < 4.78 is 26.5. The molecule has 0 aliphatic carbocycles. The molecule has 9 N–H and O–H groups in total. The lowest BCUT2D eigenvalue weighted by atomic mass is 10.0. The van der Waals surface area contributed by atoms with Crippen molar-refractivity contribution in [1.82, 2.24) is 0 Å². The minimum atomic E-state index is -0.822. The molecule has 0 fully saturated rings. The molecule has 2 unspecified atom stereocenters. The summed E-state index contributed by atoms with van der Waals surface area (Å²) in [7, 11) is 0. The fourth-order valence-corrected chi connectivity index (χ4v) is 3.08. The van der Waals surface area contributed by atoms with E-state index in [1.807, 2.05) is 0 Å². The predicted molar refractivity (Wildman–Crippen MR) is 132 cm³/mol. The number of esters is 3. The summed E-state index contributed by atoms with van der Waals surface area (Å²) in [5.74, 6) is -0.777. The molecule has 38 heavy (non-hydrogen) atoms. The third-order valence-electron chi connectivity index (χ3n) is 4.92. The molecule has 2 aromatic rings. The van der Waals surface area contributed by atoms with E-state index < -0.39 is 30.1 Å². The molecule has 13 heteroatoms. The third-order valence-corrected chi connectivity index (χ3v) is 5.26. The van der Waals surface area contributed by atoms with Crippen molar-refractivity contribution >= 4 is 35.3 Å². The zero-order chi connectivity index (χ0) is 27.9. The predicted octanol–water partition coefficient (Wildman–Crippen LogP) is -1.99. The highest BCUT2D eigenvalue weighted by atomic mass is 35.5. The number of quaternary nitrogens is 3. The van der Waals surface area contributed by atoms with Crippen LogP contribution in [0.3, 0.4) is 0 Å². The number of hydrogen-bond acceptors (Lipinski definition) is 9. The number of alkyl halides is 1. The molecule has 2 aromatic carbocycles. The van der Waals surface area contributed by atoms with Crippen LogP contribution in [0.15, 0.2) is 48.5 Å². The highest BCUT2D eigenvalue weighted by molar-refractivity contribution is 6.18. The topological polar surface area (TPSA) is 197 Å². The standard InChI is InChI=1S/C25H30ClN3O9/c26-9-20(37-23(31)11-28)13-34-18-5-1-16(2-6-18)25(33)17-3-7-19(8-4-17)35-14-21(38-24(32)12-29)15-36-22(30)10-27/h1-8,20-21H,9-15,27-29H2/p+3. The number of carbonyl (C=O) groups excluding carboxylic acids is 4. The summed E-state index contributed by atoms with van der Waals surface area (Å²) in [6.07, 6.45) is -1.43. The van der Waals surface area contributed by atoms with Crippen LogP contribution in [0, 0.1) is 0 Å². The van der Waals surface area contributed by atoms with Gasteiger partial charge in [-0.15, -0.1) is 11.6 Å². The van der Waals surface area contributed by atoms with Crippen molar-refractivity contribution in [3.8, 4) is 11.5 Å². The number of benzene rings is 2. The summed E-state index contributed by atoms with van der Waals surface area (Å²) in [6.45, 7) is -0.306. The number of carbonyl (C=O) groups is 4. The van der Waals surface area contributed by atoms with Crippen molar-refractivity contribution in [2.24, 2.45) is 0 Å². The molecule has 12 nitrogen and oxygen atoms in total. The first kappa shape index (κ1) is 30.5. The van der Waals surface area contributed by atoms with E-state index in [0.717, 1.165) is 0 Å². The number of halogens is 1. The zero-order valence-corrected chi connectivity index (χ0v) is 21.7. The Labute approximate surface area is 224 Å². The monoisotopic (exact) mass is 554 g/mol. The van der Waals surface area contributed by atoms with E-state index in [0.29, 0.717) is 22.6 Å². The van der Waals surface area contributed by atoms with Gasteiger partial charge in [0, 0.05) is 11.1 Å². The van der Waals surface area contributed by atoms with Crippen molar-refractivity contribution in [3.05, 3.63) is 59.7 Å². The Bertz CT molecular complexity index is 1060. The Kier molecular flexibility index (Phi) is 13.0. The molecule has 0 bridgehead atoms. The van der Waals surface area contributed by atoms with Gasteiger partial charge in [0.05, 0.1) is 5.88 Å². The van der Waals surface area contributed by atoms with Crippen molar-refractivity contribution < 1.29 is 60.1 Å². The molecule has 0 amide bonds. The minimum absolute atomic E-state index is 0.00160. The van der Waals surface area contributed by atoms with Gasteiger partial charge in [0.25, 0.3) is 0 Å². The van der Waals surface area contributed by atoms with Gasteiger partial charge in [-0.2, -0.15) is 0 Å². The molecule has 2 atom stereocenters. The molecule has 0 spiro atoms. The Balaban J connectivity index is 1.93. The van der Waals surface area contributed by atoms with Gasteiger partial charge >= 0.3 is 17.9 Å². The van der Waals surface area contributed by atoms with E-state index in [1.165, 1.54) is 0 Å². The van der Waals surface area contributed by atoms with Gasteiger partial charge < -0.3 is 40.9 Å². The van der Waals surface area contributed by atoms with E-state index >= 15 is 0 Å². The molecule has 0 aromatic heterocycles. The van der Waals surface area contributed by atoms with Crippen LogP contribution >= 0.6 is 11.6 Å². The summed E-state index contributed by atoms with van der Waals surface area (Å²) >= 11 is 5.80.